The number of rotatable bonds is 1. The zero-order chi connectivity index (χ0) is 9.97. The lowest BCUT2D eigenvalue weighted by molar-refractivity contribution is 0.297. The van der Waals surface area contributed by atoms with E-state index in [4.69, 9.17) is 10.6 Å². The van der Waals surface area contributed by atoms with Crippen LogP contribution in [-0.4, -0.2) is 25.2 Å². The van der Waals surface area contributed by atoms with E-state index >= 15 is 0 Å². The molecular formula is C11H16N2O. The van der Waals surface area contributed by atoms with Crippen molar-refractivity contribution in [3.05, 3.63) is 29.3 Å². The van der Waals surface area contributed by atoms with E-state index in [1.165, 1.54) is 11.1 Å². The summed E-state index contributed by atoms with van der Waals surface area (Å²) in [4.78, 5) is 0. The second-order valence-corrected chi connectivity index (χ2v) is 3.63. The van der Waals surface area contributed by atoms with Crippen LogP contribution in [0.1, 0.15) is 11.1 Å². The first-order valence-corrected chi connectivity index (χ1v) is 4.95. The SMILES string of the molecule is COc1cccc2c1CCN(N)CC2. The van der Waals surface area contributed by atoms with Crippen molar-refractivity contribution in [3.8, 4) is 5.75 Å². The fraction of sp³-hybridized carbons (Fsp3) is 0.455. The first-order chi connectivity index (χ1) is 6.81. The minimum Gasteiger partial charge on any atom is -0.496 e. The quantitative estimate of drug-likeness (QED) is 0.674. The van der Waals surface area contributed by atoms with Crippen LogP contribution in [0.4, 0.5) is 0 Å². The number of hydrazine groups is 1. The second kappa shape index (κ2) is 3.98. The first kappa shape index (κ1) is 9.49. The summed E-state index contributed by atoms with van der Waals surface area (Å²) in [6.07, 6.45) is 2.00. The topological polar surface area (TPSA) is 38.5 Å². The molecule has 3 nitrogen and oxygen atoms in total. The molecule has 1 aliphatic rings. The van der Waals surface area contributed by atoms with Gasteiger partial charge in [0.05, 0.1) is 7.11 Å². The summed E-state index contributed by atoms with van der Waals surface area (Å²) in [5.41, 5.74) is 2.69. The van der Waals surface area contributed by atoms with E-state index in [1.54, 1.807) is 7.11 Å². The molecule has 76 valence electrons. The van der Waals surface area contributed by atoms with Crippen molar-refractivity contribution in [2.75, 3.05) is 20.2 Å². The Labute approximate surface area is 84.4 Å². The number of nitrogens with zero attached hydrogens (tertiary/aromatic N) is 1. The molecule has 1 heterocycles. The van der Waals surface area contributed by atoms with E-state index < -0.39 is 0 Å². The molecule has 0 bridgehead atoms. The predicted molar refractivity (Wildman–Crippen MR) is 56.2 cm³/mol. The van der Waals surface area contributed by atoms with Crippen LogP contribution in [0, 0.1) is 0 Å². The van der Waals surface area contributed by atoms with Gasteiger partial charge in [-0.25, -0.2) is 5.01 Å². The lowest BCUT2D eigenvalue weighted by atomic mass is 10.0. The number of benzene rings is 1. The maximum absolute atomic E-state index is 5.80. The number of hydrogen-bond donors (Lipinski definition) is 1. The Kier molecular flexibility index (Phi) is 2.70. The summed E-state index contributed by atoms with van der Waals surface area (Å²) in [6.45, 7) is 1.84. The third-order valence-electron chi connectivity index (χ3n) is 2.77. The van der Waals surface area contributed by atoms with E-state index in [0.29, 0.717) is 0 Å². The maximum Gasteiger partial charge on any atom is 0.122 e. The van der Waals surface area contributed by atoms with Gasteiger partial charge in [0, 0.05) is 13.1 Å². The lowest BCUT2D eigenvalue weighted by Crippen LogP contribution is -2.33. The Balaban J connectivity index is 2.35. The zero-order valence-electron chi connectivity index (χ0n) is 8.49. The Morgan fingerprint density at radius 1 is 1.29 bits per heavy atom. The van der Waals surface area contributed by atoms with E-state index in [0.717, 1.165) is 31.7 Å². The maximum atomic E-state index is 5.80. The van der Waals surface area contributed by atoms with Crippen LogP contribution in [0.15, 0.2) is 18.2 Å². The average molecular weight is 192 g/mol. The second-order valence-electron chi connectivity index (χ2n) is 3.63. The van der Waals surface area contributed by atoms with Crippen molar-refractivity contribution < 1.29 is 4.74 Å². The number of methoxy groups -OCH3 is 1. The molecule has 2 N–H and O–H groups in total. The number of ether oxygens (including phenoxy) is 1. The van der Waals surface area contributed by atoms with Gasteiger partial charge in [0.2, 0.25) is 0 Å². The minimum atomic E-state index is 0.910. The number of nitrogens with two attached hydrogens (primary N) is 1. The lowest BCUT2D eigenvalue weighted by Gasteiger charge is -2.11. The van der Waals surface area contributed by atoms with Crippen LogP contribution in [-0.2, 0) is 12.8 Å². The molecule has 0 fully saturated rings. The highest BCUT2D eigenvalue weighted by Gasteiger charge is 2.14. The fourth-order valence-corrected chi connectivity index (χ4v) is 1.95. The Morgan fingerprint density at radius 3 is 2.86 bits per heavy atom. The molecule has 3 heteroatoms. The Bertz CT molecular complexity index is 325. The first-order valence-electron chi connectivity index (χ1n) is 4.95. The van der Waals surface area contributed by atoms with Gasteiger partial charge in [0.1, 0.15) is 5.75 Å². The van der Waals surface area contributed by atoms with Crippen molar-refractivity contribution in [3.63, 3.8) is 0 Å². The van der Waals surface area contributed by atoms with Crippen LogP contribution in [0.2, 0.25) is 0 Å². The molecule has 1 aromatic rings. The summed E-state index contributed by atoms with van der Waals surface area (Å²) >= 11 is 0. The molecule has 0 amide bonds. The highest BCUT2D eigenvalue weighted by atomic mass is 16.5. The van der Waals surface area contributed by atoms with Gasteiger partial charge in [-0.05, 0) is 30.0 Å². The van der Waals surface area contributed by atoms with Gasteiger partial charge in [0.25, 0.3) is 0 Å². The largest absolute Gasteiger partial charge is 0.496 e. The summed E-state index contributed by atoms with van der Waals surface area (Å²) < 4.78 is 5.34. The van der Waals surface area contributed by atoms with Crippen molar-refractivity contribution >= 4 is 0 Å². The predicted octanol–water partition coefficient (Wildman–Crippen LogP) is 0.969. The van der Waals surface area contributed by atoms with E-state index in [-0.39, 0.29) is 0 Å². The molecule has 1 aliphatic heterocycles. The van der Waals surface area contributed by atoms with Gasteiger partial charge in [-0.3, -0.25) is 5.84 Å². The zero-order valence-corrected chi connectivity index (χ0v) is 8.49. The van der Waals surface area contributed by atoms with Crippen LogP contribution in [0.3, 0.4) is 0 Å². The summed E-state index contributed by atoms with van der Waals surface area (Å²) in [5, 5.41) is 1.87. The molecule has 2 rings (SSSR count). The van der Waals surface area contributed by atoms with Crippen molar-refractivity contribution in [2.24, 2.45) is 5.84 Å². The third-order valence-corrected chi connectivity index (χ3v) is 2.77. The molecule has 1 aromatic carbocycles. The molecule has 0 unspecified atom stereocenters. The van der Waals surface area contributed by atoms with Crippen LogP contribution < -0.4 is 10.6 Å². The fourth-order valence-electron chi connectivity index (χ4n) is 1.95. The van der Waals surface area contributed by atoms with E-state index in [9.17, 15) is 0 Å². The Hall–Kier alpha value is -1.06. The molecule has 0 saturated carbocycles. The van der Waals surface area contributed by atoms with Gasteiger partial charge < -0.3 is 4.74 Å². The molecule has 0 aliphatic carbocycles. The highest BCUT2D eigenvalue weighted by Crippen LogP contribution is 2.24. The highest BCUT2D eigenvalue weighted by molar-refractivity contribution is 5.41. The van der Waals surface area contributed by atoms with Crippen LogP contribution in [0.5, 0.6) is 5.75 Å². The molecular weight excluding hydrogens is 176 g/mol. The molecule has 0 aromatic heterocycles. The third kappa shape index (κ3) is 1.74. The number of hydrogen-bond acceptors (Lipinski definition) is 3. The van der Waals surface area contributed by atoms with Gasteiger partial charge in [-0.1, -0.05) is 12.1 Å². The normalized spacial score (nSPS) is 17.3. The molecule has 0 saturated heterocycles. The van der Waals surface area contributed by atoms with Crippen LogP contribution >= 0.6 is 0 Å². The summed E-state index contributed by atoms with van der Waals surface area (Å²) in [6, 6.07) is 6.23. The van der Waals surface area contributed by atoms with Gasteiger partial charge >= 0.3 is 0 Å². The summed E-state index contributed by atoms with van der Waals surface area (Å²) in [5.74, 6) is 6.80. The van der Waals surface area contributed by atoms with Gasteiger partial charge in [-0.15, -0.1) is 0 Å². The molecule has 0 spiro atoms. The van der Waals surface area contributed by atoms with Crippen molar-refractivity contribution in [2.45, 2.75) is 12.8 Å². The van der Waals surface area contributed by atoms with Gasteiger partial charge in [-0.2, -0.15) is 0 Å². The summed E-state index contributed by atoms with van der Waals surface area (Å²) in [7, 11) is 1.72. The minimum absolute atomic E-state index is 0.910. The Morgan fingerprint density at radius 2 is 2.07 bits per heavy atom. The number of fused-ring (bicyclic) bond motifs is 1. The average Bonchev–Trinajstić information content (AvgIpc) is 2.41. The standard InChI is InChI=1S/C11H16N2O/c1-14-11-4-2-3-9-5-7-13(12)8-6-10(9)11/h2-4H,5-8,12H2,1H3. The van der Waals surface area contributed by atoms with Gasteiger partial charge in [0.15, 0.2) is 0 Å². The van der Waals surface area contributed by atoms with Crippen molar-refractivity contribution in [1.82, 2.24) is 5.01 Å². The molecule has 0 atom stereocenters. The van der Waals surface area contributed by atoms with Crippen LogP contribution in [0.25, 0.3) is 0 Å². The molecule has 0 radical (unpaired) electrons. The van der Waals surface area contributed by atoms with E-state index in [2.05, 4.69) is 6.07 Å². The van der Waals surface area contributed by atoms with Crippen molar-refractivity contribution in [1.29, 1.82) is 0 Å². The monoisotopic (exact) mass is 192 g/mol. The van der Waals surface area contributed by atoms with E-state index in [1.807, 2.05) is 17.1 Å². The molecule has 14 heavy (non-hydrogen) atoms. The smallest absolute Gasteiger partial charge is 0.122 e.